The van der Waals surface area contributed by atoms with Gasteiger partial charge in [-0.25, -0.2) is 0 Å². The van der Waals surface area contributed by atoms with Gasteiger partial charge in [0.25, 0.3) is 0 Å². The molecule has 0 saturated carbocycles. The van der Waals surface area contributed by atoms with Crippen LogP contribution in [-0.4, -0.2) is 25.1 Å². The summed E-state index contributed by atoms with van der Waals surface area (Å²) in [7, 11) is 0. The lowest BCUT2D eigenvalue weighted by atomic mass is 10.2. The molecule has 0 saturated heterocycles. The second-order valence-electron chi connectivity index (χ2n) is 5.69. The number of anilines is 2. The van der Waals surface area contributed by atoms with Gasteiger partial charge in [0, 0.05) is 17.9 Å². The van der Waals surface area contributed by atoms with Gasteiger partial charge in [-0.3, -0.25) is 4.79 Å². The summed E-state index contributed by atoms with van der Waals surface area (Å²) >= 11 is 0. The molecule has 0 aromatic heterocycles. The van der Waals surface area contributed by atoms with E-state index in [-0.39, 0.29) is 11.9 Å². The van der Waals surface area contributed by atoms with Gasteiger partial charge in [0.2, 0.25) is 5.91 Å². The van der Waals surface area contributed by atoms with Gasteiger partial charge in [-0.1, -0.05) is 18.2 Å². The third kappa shape index (κ3) is 3.31. The molecule has 4 heteroatoms. The number of nitrogens with zero attached hydrogens (tertiary/aromatic N) is 1. The Morgan fingerprint density at radius 1 is 1.22 bits per heavy atom. The van der Waals surface area contributed by atoms with E-state index in [2.05, 4.69) is 11.4 Å². The molecule has 0 unspecified atom stereocenters. The predicted octanol–water partition coefficient (Wildman–Crippen LogP) is 3.48. The number of hydrogen-bond donors (Lipinski definition) is 1. The molecular formula is C19H22N2O2. The molecular weight excluding hydrogens is 288 g/mol. The third-order valence-corrected chi connectivity index (χ3v) is 4.07. The molecule has 4 nitrogen and oxygen atoms in total. The monoisotopic (exact) mass is 310 g/mol. The second kappa shape index (κ2) is 6.73. The fourth-order valence-corrected chi connectivity index (χ4v) is 2.93. The minimum absolute atomic E-state index is 0.101. The summed E-state index contributed by atoms with van der Waals surface area (Å²) in [6.07, 6.45) is 0.928. The standard InChI is InChI=1S/C19H22N2O2/c1-3-23-17-10-8-16(9-11-17)20-14(2)19(22)21-13-12-15-6-4-5-7-18(15)21/h4-11,14,20H,3,12-13H2,1-2H3/t14-/m0/s1. The van der Waals surface area contributed by atoms with Gasteiger partial charge in [0.1, 0.15) is 11.8 Å². The Labute approximate surface area is 137 Å². The van der Waals surface area contributed by atoms with Gasteiger partial charge in [-0.15, -0.1) is 0 Å². The van der Waals surface area contributed by atoms with Crippen molar-refractivity contribution in [2.75, 3.05) is 23.4 Å². The van der Waals surface area contributed by atoms with Crippen molar-refractivity contribution in [1.82, 2.24) is 0 Å². The largest absolute Gasteiger partial charge is 0.494 e. The molecule has 0 spiro atoms. The SMILES string of the molecule is CCOc1ccc(N[C@@H](C)C(=O)N2CCc3ccccc32)cc1. The fraction of sp³-hybridized carbons (Fsp3) is 0.316. The Bertz CT molecular complexity index is 682. The van der Waals surface area contributed by atoms with Crippen LogP contribution in [0.5, 0.6) is 5.75 Å². The number of ether oxygens (including phenoxy) is 1. The molecule has 0 bridgehead atoms. The molecule has 0 fully saturated rings. The number of benzene rings is 2. The van der Waals surface area contributed by atoms with Crippen molar-refractivity contribution in [2.24, 2.45) is 0 Å². The highest BCUT2D eigenvalue weighted by Gasteiger charge is 2.27. The number of carbonyl (C=O) groups is 1. The Balaban J connectivity index is 1.66. The molecule has 3 rings (SSSR count). The number of amides is 1. The first kappa shape index (κ1) is 15.4. The summed E-state index contributed by atoms with van der Waals surface area (Å²) in [5.41, 5.74) is 3.20. The van der Waals surface area contributed by atoms with Gasteiger partial charge >= 0.3 is 0 Å². The van der Waals surface area contributed by atoms with Crippen molar-refractivity contribution in [3.8, 4) is 5.75 Å². The van der Waals surface area contributed by atoms with E-state index in [1.54, 1.807) is 0 Å². The topological polar surface area (TPSA) is 41.6 Å². The number of rotatable bonds is 5. The van der Waals surface area contributed by atoms with Crippen molar-refractivity contribution < 1.29 is 9.53 Å². The molecule has 1 N–H and O–H groups in total. The molecule has 1 aliphatic rings. The first-order valence-electron chi connectivity index (χ1n) is 8.07. The first-order valence-corrected chi connectivity index (χ1v) is 8.07. The van der Waals surface area contributed by atoms with Crippen LogP contribution < -0.4 is 15.0 Å². The van der Waals surface area contributed by atoms with Crippen LogP contribution in [0.2, 0.25) is 0 Å². The highest BCUT2D eigenvalue weighted by molar-refractivity contribution is 6.00. The third-order valence-electron chi connectivity index (χ3n) is 4.07. The normalized spacial score (nSPS) is 14.3. The summed E-state index contributed by atoms with van der Waals surface area (Å²) < 4.78 is 5.43. The van der Waals surface area contributed by atoms with E-state index in [0.29, 0.717) is 6.61 Å². The van der Waals surface area contributed by atoms with Crippen LogP contribution in [0.1, 0.15) is 19.4 Å². The van der Waals surface area contributed by atoms with Crippen molar-refractivity contribution in [3.63, 3.8) is 0 Å². The van der Waals surface area contributed by atoms with Crippen LogP contribution in [0.25, 0.3) is 0 Å². The Kier molecular flexibility index (Phi) is 4.51. The van der Waals surface area contributed by atoms with E-state index in [4.69, 9.17) is 4.74 Å². The Morgan fingerprint density at radius 3 is 2.70 bits per heavy atom. The summed E-state index contributed by atoms with van der Waals surface area (Å²) in [6.45, 7) is 5.27. The summed E-state index contributed by atoms with van der Waals surface area (Å²) in [4.78, 5) is 14.6. The van der Waals surface area contributed by atoms with Gasteiger partial charge in [-0.05, 0) is 56.2 Å². The van der Waals surface area contributed by atoms with Crippen LogP contribution in [-0.2, 0) is 11.2 Å². The van der Waals surface area contributed by atoms with Crippen LogP contribution in [0.15, 0.2) is 48.5 Å². The average Bonchev–Trinajstić information content (AvgIpc) is 3.00. The molecule has 23 heavy (non-hydrogen) atoms. The lowest BCUT2D eigenvalue weighted by Gasteiger charge is -2.23. The lowest BCUT2D eigenvalue weighted by molar-refractivity contribution is -0.118. The molecule has 0 radical (unpaired) electrons. The van der Waals surface area contributed by atoms with Crippen LogP contribution in [0, 0.1) is 0 Å². The van der Waals surface area contributed by atoms with Gasteiger partial charge < -0.3 is 15.0 Å². The summed E-state index contributed by atoms with van der Waals surface area (Å²) in [5.74, 6) is 0.939. The smallest absolute Gasteiger partial charge is 0.249 e. The average molecular weight is 310 g/mol. The van der Waals surface area contributed by atoms with Crippen LogP contribution in [0.4, 0.5) is 11.4 Å². The molecule has 1 atom stereocenters. The van der Waals surface area contributed by atoms with Crippen LogP contribution >= 0.6 is 0 Å². The first-order chi connectivity index (χ1) is 11.2. The zero-order valence-corrected chi connectivity index (χ0v) is 13.6. The molecule has 0 aliphatic carbocycles. The number of carbonyl (C=O) groups excluding carboxylic acids is 1. The number of para-hydroxylation sites is 1. The molecule has 1 amide bonds. The predicted molar refractivity (Wildman–Crippen MR) is 93.2 cm³/mol. The molecule has 1 heterocycles. The number of nitrogens with one attached hydrogen (secondary N) is 1. The van der Waals surface area contributed by atoms with E-state index >= 15 is 0 Å². The zero-order valence-electron chi connectivity index (χ0n) is 13.6. The van der Waals surface area contributed by atoms with E-state index in [1.165, 1.54) is 5.56 Å². The van der Waals surface area contributed by atoms with Gasteiger partial charge in [-0.2, -0.15) is 0 Å². The Morgan fingerprint density at radius 2 is 1.96 bits per heavy atom. The van der Waals surface area contributed by atoms with E-state index in [9.17, 15) is 4.79 Å². The zero-order chi connectivity index (χ0) is 16.2. The quantitative estimate of drug-likeness (QED) is 0.919. The van der Waals surface area contributed by atoms with Crippen molar-refractivity contribution in [3.05, 3.63) is 54.1 Å². The summed E-state index contributed by atoms with van der Waals surface area (Å²) in [5, 5.41) is 3.27. The number of hydrogen-bond acceptors (Lipinski definition) is 3. The Hall–Kier alpha value is -2.49. The second-order valence-corrected chi connectivity index (χ2v) is 5.69. The van der Waals surface area contributed by atoms with E-state index < -0.39 is 0 Å². The highest BCUT2D eigenvalue weighted by atomic mass is 16.5. The maximum Gasteiger partial charge on any atom is 0.249 e. The van der Waals surface area contributed by atoms with Crippen LogP contribution in [0.3, 0.4) is 0 Å². The summed E-state index contributed by atoms with van der Waals surface area (Å²) in [6, 6.07) is 15.5. The lowest BCUT2D eigenvalue weighted by Crippen LogP contribution is -2.40. The maximum atomic E-state index is 12.7. The van der Waals surface area contributed by atoms with Gasteiger partial charge in [0.15, 0.2) is 0 Å². The van der Waals surface area contributed by atoms with E-state index in [0.717, 1.165) is 30.1 Å². The molecule has 2 aromatic rings. The van der Waals surface area contributed by atoms with Crippen molar-refractivity contribution >= 4 is 17.3 Å². The molecule has 1 aliphatic heterocycles. The molecule has 120 valence electrons. The van der Waals surface area contributed by atoms with Crippen molar-refractivity contribution in [2.45, 2.75) is 26.3 Å². The van der Waals surface area contributed by atoms with Gasteiger partial charge in [0.05, 0.1) is 6.61 Å². The van der Waals surface area contributed by atoms with Crippen molar-refractivity contribution in [1.29, 1.82) is 0 Å². The minimum atomic E-state index is -0.279. The minimum Gasteiger partial charge on any atom is -0.494 e. The molecule has 2 aromatic carbocycles. The highest BCUT2D eigenvalue weighted by Crippen LogP contribution is 2.28. The van der Waals surface area contributed by atoms with E-state index in [1.807, 2.05) is 61.2 Å². The number of fused-ring (bicyclic) bond motifs is 1. The maximum absolute atomic E-state index is 12.7. The fourth-order valence-electron chi connectivity index (χ4n) is 2.93.